The third kappa shape index (κ3) is 5.11. The number of urea groups is 1. The second kappa shape index (κ2) is 10.5. The highest BCUT2D eigenvalue weighted by Crippen LogP contribution is 2.35. The molecule has 2 aromatic carbocycles. The molecule has 2 aromatic heterocycles. The molecule has 0 unspecified atom stereocenters. The zero-order chi connectivity index (χ0) is 25.9. The molecule has 3 heterocycles. The van der Waals surface area contributed by atoms with Crippen molar-refractivity contribution in [3.8, 4) is 5.00 Å². The maximum atomic E-state index is 12.6. The number of benzene rings is 2. The van der Waals surface area contributed by atoms with E-state index in [1.165, 1.54) is 11.3 Å². The predicted molar refractivity (Wildman–Crippen MR) is 143 cm³/mol. The molecular weight excluding hydrogens is 512 g/mol. The second-order valence-corrected chi connectivity index (χ2v) is 9.68. The number of carbonyl (C=O) groups is 2. The van der Waals surface area contributed by atoms with Crippen LogP contribution in [0.15, 0.2) is 59.6 Å². The lowest BCUT2D eigenvalue weighted by Crippen LogP contribution is -2.29. The smallest absolute Gasteiger partial charge is 0.348 e. The molecule has 0 radical (unpaired) electrons. The molecule has 2 amide bonds. The molecule has 1 aliphatic heterocycles. The zero-order valence-electron chi connectivity index (χ0n) is 20.1. The summed E-state index contributed by atoms with van der Waals surface area (Å²) < 4.78 is 7.08. The van der Waals surface area contributed by atoms with Crippen LogP contribution in [0, 0.1) is 6.92 Å². The minimum Gasteiger partial charge on any atom is -0.462 e. The molecule has 2 N–H and O–H groups in total. The molecule has 0 atom stereocenters. The van der Waals surface area contributed by atoms with Crippen LogP contribution in [0.1, 0.15) is 44.9 Å². The SMILES string of the molecule is CCOC(=O)c1cc2c(s1)-n1c(nnc1CNC(=O)Nc1cccc(C)c1)CN=C2c1ccccc1Cl. The number of aromatic nitrogens is 3. The lowest BCUT2D eigenvalue weighted by molar-refractivity contribution is 0.0532. The van der Waals surface area contributed by atoms with Crippen LogP contribution in [0.2, 0.25) is 5.02 Å². The van der Waals surface area contributed by atoms with Gasteiger partial charge in [0.1, 0.15) is 16.4 Å². The van der Waals surface area contributed by atoms with Crippen molar-refractivity contribution in [2.24, 2.45) is 4.99 Å². The van der Waals surface area contributed by atoms with Crippen LogP contribution in [0.5, 0.6) is 0 Å². The number of fused-ring (bicyclic) bond motifs is 3. The van der Waals surface area contributed by atoms with Crippen molar-refractivity contribution >= 4 is 46.3 Å². The van der Waals surface area contributed by atoms with Gasteiger partial charge in [-0.3, -0.25) is 9.56 Å². The van der Waals surface area contributed by atoms with Gasteiger partial charge >= 0.3 is 12.0 Å². The van der Waals surface area contributed by atoms with Crippen molar-refractivity contribution in [1.29, 1.82) is 0 Å². The number of thiophene rings is 1. The second-order valence-electron chi connectivity index (χ2n) is 8.24. The summed E-state index contributed by atoms with van der Waals surface area (Å²) in [4.78, 5) is 30.4. The molecule has 4 aromatic rings. The van der Waals surface area contributed by atoms with Gasteiger partial charge in [0, 0.05) is 21.8 Å². The minimum atomic E-state index is -0.425. The Hall–Kier alpha value is -4.02. The quantitative estimate of drug-likeness (QED) is 0.333. The fourth-order valence-electron chi connectivity index (χ4n) is 4.00. The maximum absolute atomic E-state index is 12.6. The number of ether oxygens (including phenoxy) is 1. The number of amides is 2. The molecule has 37 heavy (non-hydrogen) atoms. The number of carbonyl (C=O) groups excluding carboxylic acids is 2. The summed E-state index contributed by atoms with van der Waals surface area (Å²) in [5.41, 5.74) is 3.83. The number of nitrogens with one attached hydrogen (secondary N) is 2. The third-order valence-corrected chi connectivity index (χ3v) is 7.06. The Labute approximate surface area is 222 Å². The van der Waals surface area contributed by atoms with E-state index in [4.69, 9.17) is 21.3 Å². The van der Waals surface area contributed by atoms with Crippen LogP contribution in [-0.4, -0.2) is 39.1 Å². The third-order valence-electron chi connectivity index (χ3n) is 5.63. The van der Waals surface area contributed by atoms with Crippen molar-refractivity contribution in [3.63, 3.8) is 0 Å². The number of nitrogens with zero attached hydrogens (tertiary/aromatic N) is 4. The normalized spacial score (nSPS) is 12.1. The van der Waals surface area contributed by atoms with E-state index in [2.05, 4.69) is 20.8 Å². The van der Waals surface area contributed by atoms with Gasteiger partial charge in [-0.25, -0.2) is 9.59 Å². The average Bonchev–Trinajstić information content (AvgIpc) is 3.45. The summed E-state index contributed by atoms with van der Waals surface area (Å²) in [6.45, 7) is 4.33. The van der Waals surface area contributed by atoms with Crippen LogP contribution in [-0.2, 0) is 17.8 Å². The van der Waals surface area contributed by atoms with Crippen LogP contribution in [0.4, 0.5) is 10.5 Å². The minimum absolute atomic E-state index is 0.109. The van der Waals surface area contributed by atoms with Crippen molar-refractivity contribution in [1.82, 2.24) is 20.1 Å². The number of hydrogen-bond acceptors (Lipinski definition) is 7. The number of halogens is 1. The Morgan fingerprint density at radius 1 is 1.11 bits per heavy atom. The summed E-state index contributed by atoms with van der Waals surface area (Å²) in [5.74, 6) is 0.658. The largest absolute Gasteiger partial charge is 0.462 e. The topological polar surface area (TPSA) is 111 Å². The lowest BCUT2D eigenvalue weighted by Gasteiger charge is -2.11. The molecule has 0 aliphatic carbocycles. The number of aryl methyl sites for hydroxylation is 1. The molecule has 0 spiro atoms. The molecule has 9 nitrogen and oxygen atoms in total. The average molecular weight is 535 g/mol. The molecule has 0 saturated carbocycles. The van der Waals surface area contributed by atoms with Crippen LogP contribution in [0.25, 0.3) is 5.00 Å². The Kier molecular flexibility index (Phi) is 7.02. The highest BCUT2D eigenvalue weighted by atomic mass is 35.5. The van der Waals surface area contributed by atoms with E-state index >= 15 is 0 Å². The monoisotopic (exact) mass is 534 g/mol. The van der Waals surface area contributed by atoms with E-state index in [9.17, 15) is 9.59 Å². The van der Waals surface area contributed by atoms with E-state index in [1.807, 2.05) is 54.0 Å². The van der Waals surface area contributed by atoms with Gasteiger partial charge in [-0.05, 0) is 43.7 Å². The highest BCUT2D eigenvalue weighted by molar-refractivity contribution is 7.16. The number of esters is 1. The van der Waals surface area contributed by atoms with Gasteiger partial charge in [-0.15, -0.1) is 21.5 Å². The van der Waals surface area contributed by atoms with Crippen molar-refractivity contribution in [3.05, 3.63) is 92.8 Å². The van der Waals surface area contributed by atoms with E-state index in [-0.39, 0.29) is 25.7 Å². The number of aliphatic imine (C=N–C) groups is 1. The van der Waals surface area contributed by atoms with Crippen molar-refractivity contribution in [2.45, 2.75) is 26.9 Å². The number of hydrogen-bond donors (Lipinski definition) is 2. The van der Waals surface area contributed by atoms with Gasteiger partial charge in [-0.2, -0.15) is 0 Å². The molecule has 1 aliphatic rings. The van der Waals surface area contributed by atoms with Crippen LogP contribution in [0.3, 0.4) is 0 Å². The molecule has 11 heteroatoms. The fourth-order valence-corrected chi connectivity index (χ4v) is 5.32. The van der Waals surface area contributed by atoms with Gasteiger partial charge in [-0.1, -0.05) is 41.9 Å². The Morgan fingerprint density at radius 3 is 2.73 bits per heavy atom. The first kappa shape index (κ1) is 24.7. The first-order valence-electron chi connectivity index (χ1n) is 11.6. The van der Waals surface area contributed by atoms with Crippen molar-refractivity contribution < 1.29 is 14.3 Å². The van der Waals surface area contributed by atoms with E-state index in [0.717, 1.165) is 11.1 Å². The summed E-state index contributed by atoms with van der Waals surface area (Å²) in [6.07, 6.45) is 0. The molecule has 0 saturated heterocycles. The predicted octanol–water partition coefficient (Wildman–Crippen LogP) is 5.14. The molecule has 5 rings (SSSR count). The molecule has 0 fully saturated rings. The van der Waals surface area contributed by atoms with Gasteiger partial charge in [0.15, 0.2) is 11.6 Å². The van der Waals surface area contributed by atoms with Crippen LogP contribution < -0.4 is 10.6 Å². The summed E-state index contributed by atoms with van der Waals surface area (Å²) >= 11 is 7.77. The lowest BCUT2D eigenvalue weighted by atomic mass is 10.0. The first-order chi connectivity index (χ1) is 17.9. The van der Waals surface area contributed by atoms with Crippen molar-refractivity contribution in [2.75, 3.05) is 11.9 Å². The number of anilines is 1. The summed E-state index contributed by atoms with van der Waals surface area (Å²) in [7, 11) is 0. The van der Waals surface area contributed by atoms with E-state index in [0.29, 0.717) is 43.5 Å². The maximum Gasteiger partial charge on any atom is 0.348 e. The van der Waals surface area contributed by atoms with Gasteiger partial charge in [0.25, 0.3) is 0 Å². The van der Waals surface area contributed by atoms with E-state index < -0.39 is 5.97 Å². The fraction of sp³-hybridized carbons (Fsp3) is 0.192. The Morgan fingerprint density at radius 2 is 1.95 bits per heavy atom. The summed E-state index contributed by atoms with van der Waals surface area (Å²) in [6, 6.07) is 16.3. The van der Waals surface area contributed by atoms with E-state index in [1.54, 1.807) is 19.1 Å². The Bertz CT molecular complexity index is 1530. The standard InChI is InChI=1S/C26H23ClN6O3S/c1-3-36-25(34)20-12-18-23(17-9-4-5-10-19(17)27)28-13-21-31-32-22(33(21)24(18)37-20)14-29-26(35)30-16-8-6-7-15(2)11-16/h4-12H,3,13-14H2,1-2H3,(H2,29,30,35). The molecule has 188 valence electrons. The zero-order valence-corrected chi connectivity index (χ0v) is 21.7. The Balaban J connectivity index is 1.49. The van der Waals surface area contributed by atoms with Gasteiger partial charge < -0.3 is 15.4 Å². The highest BCUT2D eigenvalue weighted by Gasteiger charge is 2.28. The first-order valence-corrected chi connectivity index (χ1v) is 12.8. The van der Waals surface area contributed by atoms with Gasteiger partial charge in [0.05, 0.1) is 18.9 Å². The van der Waals surface area contributed by atoms with Gasteiger partial charge in [0.2, 0.25) is 0 Å². The number of rotatable bonds is 6. The molecular formula is C26H23ClN6O3S. The molecule has 0 bridgehead atoms. The van der Waals surface area contributed by atoms with Crippen LogP contribution >= 0.6 is 22.9 Å². The summed E-state index contributed by atoms with van der Waals surface area (Å²) in [5, 5.41) is 15.5.